The third kappa shape index (κ3) is 4.43. The summed E-state index contributed by atoms with van der Waals surface area (Å²) < 4.78 is 4.31. The smallest absolute Gasteiger partial charge is 0.357 e. The van der Waals surface area contributed by atoms with Gasteiger partial charge in [-0.05, 0) is 30.7 Å². The molecule has 166 valence electrons. The highest BCUT2D eigenvalue weighted by atomic mass is 35.5. The van der Waals surface area contributed by atoms with E-state index in [1.165, 1.54) is 11.3 Å². The fraction of sp³-hybridized carbons (Fsp3) is 0.238. The molecule has 0 saturated heterocycles. The van der Waals surface area contributed by atoms with E-state index in [1.54, 1.807) is 45.5 Å². The van der Waals surface area contributed by atoms with Crippen molar-refractivity contribution in [3.8, 4) is 27.5 Å². The highest BCUT2D eigenvalue weighted by Crippen LogP contribution is 2.41. The minimum absolute atomic E-state index is 0.0861. The van der Waals surface area contributed by atoms with Gasteiger partial charge in [-0.2, -0.15) is 10.2 Å². The lowest BCUT2D eigenvalue weighted by Gasteiger charge is -2.05. The van der Waals surface area contributed by atoms with Gasteiger partial charge in [0, 0.05) is 39.7 Å². The van der Waals surface area contributed by atoms with E-state index in [1.807, 2.05) is 20.2 Å². The van der Waals surface area contributed by atoms with Crippen LogP contribution in [-0.2, 0) is 7.05 Å². The largest absolute Gasteiger partial charge is 0.476 e. The fourth-order valence-electron chi connectivity index (χ4n) is 3.29. The molecule has 32 heavy (non-hydrogen) atoms. The standard InChI is InChI=1S/C21H19Cl2N5O2S2/c1-10(2)31-20-17(13-8-24-27(4)9-13)25-21(32-20)28-11(3)16(18(26-28)19(29)30)12-5-14(22)7-15(23)6-12/h5-10H,1-4H3,(H,29,30). The second kappa shape index (κ2) is 8.90. The normalized spacial score (nSPS) is 11.5. The number of halogens is 2. The first-order valence-electron chi connectivity index (χ1n) is 9.60. The lowest BCUT2D eigenvalue weighted by atomic mass is 10.0. The van der Waals surface area contributed by atoms with E-state index in [0.29, 0.717) is 37.2 Å². The molecule has 3 heterocycles. The number of hydrogen-bond acceptors (Lipinski definition) is 6. The number of aromatic carboxylic acids is 1. The Labute approximate surface area is 203 Å². The number of benzene rings is 1. The van der Waals surface area contributed by atoms with E-state index in [4.69, 9.17) is 28.2 Å². The zero-order valence-corrected chi connectivity index (χ0v) is 20.8. The third-order valence-corrected chi connectivity index (χ3v) is 7.24. The average Bonchev–Trinajstić information content (AvgIpc) is 3.37. The number of aromatic nitrogens is 5. The van der Waals surface area contributed by atoms with Gasteiger partial charge in [-0.15, -0.1) is 11.8 Å². The highest BCUT2D eigenvalue weighted by Gasteiger charge is 2.26. The van der Waals surface area contributed by atoms with E-state index in [9.17, 15) is 9.90 Å². The van der Waals surface area contributed by atoms with Crippen LogP contribution in [0.1, 0.15) is 30.0 Å². The van der Waals surface area contributed by atoms with Crippen LogP contribution in [0.5, 0.6) is 0 Å². The van der Waals surface area contributed by atoms with E-state index in [-0.39, 0.29) is 5.69 Å². The van der Waals surface area contributed by atoms with Gasteiger partial charge >= 0.3 is 5.97 Å². The summed E-state index contributed by atoms with van der Waals surface area (Å²) in [6, 6.07) is 4.96. The van der Waals surface area contributed by atoms with Gasteiger partial charge in [0.15, 0.2) is 5.69 Å². The Morgan fingerprint density at radius 2 is 1.88 bits per heavy atom. The molecule has 7 nitrogen and oxygen atoms in total. The first-order valence-corrected chi connectivity index (χ1v) is 12.1. The van der Waals surface area contributed by atoms with Crippen LogP contribution < -0.4 is 0 Å². The van der Waals surface area contributed by atoms with Gasteiger partial charge in [0.25, 0.3) is 0 Å². The van der Waals surface area contributed by atoms with Crippen molar-refractivity contribution in [3.05, 3.63) is 52.0 Å². The summed E-state index contributed by atoms with van der Waals surface area (Å²) >= 11 is 15.5. The topological polar surface area (TPSA) is 85.8 Å². The second-order valence-corrected chi connectivity index (χ2v) is 11.1. The molecule has 0 bridgehead atoms. The summed E-state index contributed by atoms with van der Waals surface area (Å²) in [4.78, 5) is 16.8. The highest BCUT2D eigenvalue weighted by molar-refractivity contribution is 8.01. The van der Waals surface area contributed by atoms with Crippen molar-refractivity contribution in [3.63, 3.8) is 0 Å². The lowest BCUT2D eigenvalue weighted by Crippen LogP contribution is -2.02. The van der Waals surface area contributed by atoms with Gasteiger partial charge in [0.2, 0.25) is 5.13 Å². The summed E-state index contributed by atoms with van der Waals surface area (Å²) in [6.45, 7) is 6.03. The number of carboxylic acids is 1. The van der Waals surface area contributed by atoms with Crippen LogP contribution in [0.25, 0.3) is 27.5 Å². The number of hydrogen-bond donors (Lipinski definition) is 1. The van der Waals surface area contributed by atoms with Crippen molar-refractivity contribution in [2.24, 2.45) is 7.05 Å². The van der Waals surface area contributed by atoms with Gasteiger partial charge in [-0.3, -0.25) is 4.68 Å². The monoisotopic (exact) mass is 507 g/mol. The number of carboxylic acid groups (broad SMARTS) is 1. The lowest BCUT2D eigenvalue weighted by molar-refractivity contribution is 0.0691. The molecule has 1 N–H and O–H groups in total. The minimum Gasteiger partial charge on any atom is -0.476 e. The molecule has 0 atom stereocenters. The van der Waals surface area contributed by atoms with Gasteiger partial charge in [-0.1, -0.05) is 48.4 Å². The summed E-state index contributed by atoms with van der Waals surface area (Å²) in [6.07, 6.45) is 3.67. The first-order chi connectivity index (χ1) is 15.1. The number of aryl methyl sites for hydroxylation is 1. The molecule has 4 rings (SSSR count). The predicted molar refractivity (Wildman–Crippen MR) is 130 cm³/mol. The maximum atomic E-state index is 12.0. The van der Waals surface area contributed by atoms with Crippen LogP contribution in [0.3, 0.4) is 0 Å². The number of thiazole rings is 1. The number of rotatable bonds is 6. The molecule has 3 aromatic heterocycles. The van der Waals surface area contributed by atoms with E-state index >= 15 is 0 Å². The van der Waals surface area contributed by atoms with Crippen LogP contribution in [0.4, 0.5) is 0 Å². The molecule has 0 unspecified atom stereocenters. The molecular formula is C21H19Cl2N5O2S2. The zero-order valence-electron chi connectivity index (χ0n) is 17.6. The Morgan fingerprint density at radius 1 is 1.19 bits per heavy atom. The molecule has 0 aliphatic rings. The third-order valence-electron chi connectivity index (χ3n) is 4.56. The summed E-state index contributed by atoms with van der Waals surface area (Å²) in [5.41, 5.74) is 3.28. The van der Waals surface area contributed by atoms with Gasteiger partial charge < -0.3 is 5.11 Å². The van der Waals surface area contributed by atoms with Crippen molar-refractivity contribution < 1.29 is 9.90 Å². The van der Waals surface area contributed by atoms with Crippen LogP contribution >= 0.6 is 46.3 Å². The molecule has 0 amide bonds. The molecule has 1 aromatic carbocycles. The van der Waals surface area contributed by atoms with Crippen LogP contribution in [0.15, 0.2) is 34.8 Å². The Morgan fingerprint density at radius 3 is 2.44 bits per heavy atom. The summed E-state index contributed by atoms with van der Waals surface area (Å²) in [5, 5.41) is 20.2. The van der Waals surface area contributed by atoms with Crippen molar-refractivity contribution in [1.29, 1.82) is 0 Å². The van der Waals surface area contributed by atoms with Crippen LogP contribution in [0.2, 0.25) is 10.0 Å². The fourth-order valence-corrected chi connectivity index (χ4v) is 6.34. The number of nitrogens with zero attached hydrogens (tertiary/aromatic N) is 5. The van der Waals surface area contributed by atoms with E-state index in [2.05, 4.69) is 24.0 Å². The minimum atomic E-state index is -1.14. The quantitative estimate of drug-likeness (QED) is 0.312. The molecule has 0 aliphatic heterocycles. The predicted octanol–water partition coefficient (Wildman–Crippen LogP) is 6.21. The maximum absolute atomic E-state index is 12.0. The van der Waals surface area contributed by atoms with E-state index in [0.717, 1.165) is 15.5 Å². The van der Waals surface area contributed by atoms with E-state index < -0.39 is 5.97 Å². The molecular weight excluding hydrogens is 489 g/mol. The van der Waals surface area contributed by atoms with Crippen molar-refractivity contribution in [2.75, 3.05) is 0 Å². The first kappa shape index (κ1) is 22.8. The van der Waals surface area contributed by atoms with Crippen LogP contribution in [-0.4, -0.2) is 40.9 Å². The molecule has 0 radical (unpaired) electrons. The maximum Gasteiger partial charge on any atom is 0.357 e. The number of carbonyl (C=O) groups is 1. The van der Waals surface area contributed by atoms with Gasteiger partial charge in [0.05, 0.1) is 16.1 Å². The average molecular weight is 508 g/mol. The molecule has 0 fully saturated rings. The van der Waals surface area contributed by atoms with Crippen LogP contribution in [0, 0.1) is 6.92 Å². The Bertz CT molecular complexity index is 1310. The molecule has 0 spiro atoms. The van der Waals surface area contributed by atoms with Gasteiger partial charge in [0.1, 0.15) is 5.69 Å². The molecule has 4 aromatic rings. The second-order valence-electron chi connectivity index (χ2n) is 7.39. The molecule has 0 saturated carbocycles. The zero-order chi connectivity index (χ0) is 23.2. The molecule has 11 heteroatoms. The summed E-state index contributed by atoms with van der Waals surface area (Å²) in [7, 11) is 1.85. The Hall–Kier alpha value is -2.33. The summed E-state index contributed by atoms with van der Waals surface area (Å²) in [5.74, 6) is -1.14. The van der Waals surface area contributed by atoms with Crippen molar-refractivity contribution >= 4 is 52.3 Å². The van der Waals surface area contributed by atoms with Crippen molar-refractivity contribution in [2.45, 2.75) is 30.2 Å². The molecule has 0 aliphatic carbocycles. The number of thioether (sulfide) groups is 1. The Balaban J connectivity index is 1.91. The Kier molecular flexibility index (Phi) is 6.35. The SMILES string of the molecule is Cc1c(-c2cc(Cl)cc(Cl)c2)c(C(=O)O)nn1-c1nc(-c2cnn(C)c2)c(SC(C)C)s1. The van der Waals surface area contributed by atoms with Crippen molar-refractivity contribution in [1.82, 2.24) is 24.5 Å². The van der Waals surface area contributed by atoms with Gasteiger partial charge in [-0.25, -0.2) is 14.5 Å².